The second-order valence-electron chi connectivity index (χ2n) is 19.4. The van der Waals surface area contributed by atoms with Crippen molar-refractivity contribution < 1.29 is 188 Å². The number of carbonyl (C=O) groups is 2. The van der Waals surface area contributed by atoms with Crippen molar-refractivity contribution in [2.75, 3.05) is 33.0 Å². The first-order valence-corrected chi connectivity index (χ1v) is 25.7. The van der Waals surface area contributed by atoms with E-state index in [2.05, 4.69) is 0 Å². The Hall–Kier alpha value is -2.19. The van der Waals surface area contributed by atoms with E-state index in [1.807, 2.05) is 0 Å². The lowest BCUT2D eigenvalue weighted by molar-refractivity contribution is -0.413. The van der Waals surface area contributed by atoms with Crippen LogP contribution >= 0.6 is 7.82 Å². The van der Waals surface area contributed by atoms with Gasteiger partial charge in [0.2, 0.25) is 0 Å². The van der Waals surface area contributed by atoms with E-state index in [0.717, 1.165) is 0 Å². The Balaban J connectivity index is 1.46. The minimum Gasteiger partial charge on any atom is -0.479 e. The molecule has 0 aliphatic carbocycles. The molecule has 40 heteroatoms. The number of ether oxygens (including phenoxy) is 11. The van der Waals surface area contributed by atoms with Crippen LogP contribution in [0.2, 0.25) is 0 Å². The molecule has 32 atom stereocenters. The Labute approximate surface area is 448 Å². The maximum atomic E-state index is 12.4. The topological polar surface area (TPSA) is 653 Å². The third kappa shape index (κ3) is 14.4. The van der Waals surface area contributed by atoms with Crippen molar-refractivity contribution in [2.24, 2.45) is 5.73 Å². The van der Waals surface area contributed by atoms with E-state index < -0.39 is 255 Å². The predicted octanol–water partition coefficient (Wildman–Crippen LogP) is -15.4. The zero-order chi connectivity index (χ0) is 59.8. The minimum absolute atomic E-state index is 0.899. The van der Waals surface area contributed by atoms with E-state index in [1.165, 1.54) is 0 Å². The van der Waals surface area contributed by atoms with E-state index in [0.29, 0.717) is 0 Å². The third-order valence-electron chi connectivity index (χ3n) is 13.9. The Morgan fingerprint density at radius 2 is 1.02 bits per heavy atom. The molecule has 0 aromatic heterocycles. The second-order valence-corrected chi connectivity index (χ2v) is 20.6. The monoisotopic (exact) mass is 1200 g/mol. The number of carboxylic acid groups (broad SMARTS) is 2. The molecule has 466 valence electrons. The fraction of sp³-hybridized carbons (Fsp3) is 0.950. The highest BCUT2D eigenvalue weighted by atomic mass is 31.2. The molecule has 6 aliphatic rings. The molecule has 0 saturated carbocycles. The average molecular weight is 1200 g/mol. The molecule has 25 N–H and O–H groups in total. The molecule has 6 rings (SSSR count). The zero-order valence-corrected chi connectivity index (χ0v) is 42.0. The maximum absolute atomic E-state index is 12.4. The van der Waals surface area contributed by atoms with Gasteiger partial charge in [0.15, 0.2) is 37.6 Å². The molecular weight excluding hydrogens is 1130 g/mol. The minimum atomic E-state index is -5.85. The fourth-order valence-electron chi connectivity index (χ4n) is 9.55. The highest BCUT2D eigenvalue weighted by molar-refractivity contribution is 7.46. The van der Waals surface area contributed by atoms with Crippen molar-refractivity contribution in [2.45, 2.75) is 202 Å². The zero-order valence-electron chi connectivity index (χ0n) is 41.1. The number of aliphatic carboxylic acids is 2. The lowest BCUT2D eigenvalue weighted by Gasteiger charge is -2.52. The molecule has 0 spiro atoms. The van der Waals surface area contributed by atoms with Crippen LogP contribution in [-0.4, -0.2) is 358 Å². The largest absolute Gasteiger partial charge is 0.479 e. The van der Waals surface area contributed by atoms with Gasteiger partial charge in [-0.1, -0.05) is 0 Å². The van der Waals surface area contributed by atoms with Crippen molar-refractivity contribution >= 4 is 19.8 Å². The summed E-state index contributed by atoms with van der Waals surface area (Å²) in [5.74, 6) is -7.73. The van der Waals surface area contributed by atoms with Crippen molar-refractivity contribution in [1.82, 2.24) is 0 Å². The summed E-state index contributed by atoms with van der Waals surface area (Å²) in [7, 11) is -5.85. The number of carboxylic acids is 2. The molecule has 0 radical (unpaired) electrons. The van der Waals surface area contributed by atoms with E-state index in [9.17, 15) is 131 Å². The summed E-state index contributed by atoms with van der Waals surface area (Å²) in [6.07, 6.45) is -71.4. The van der Waals surface area contributed by atoms with Gasteiger partial charge >= 0.3 is 19.8 Å². The standard InChI is InChI=1S/C40H68NO38P/c41-13-16(51)14(49)11(4-44)69-34(13)68-6-9(48)25-20(55)21(56)31(76-36-23(58)18(53)19(54)30(75-36)33(60)61)38(71-25)74-29-24(59)37(72-26(7(46)2-42)32(29)77-35-22(57)17(52)15(50)12(5-45)70-35)73-28-10(79-80(65,66)67)1-40(64,39(62)63)78-27(28)8(47)3-43/h7-32,34-38,42-59,64H,1-6,41H2,(H,60,61)(H,62,63)(H2,65,66,67)/t7-,8+,9-,10+,11+,12+,13+,14+,15+,16+,17-,18-,19-,20-,21-,22+,23+,24-,25+,26+,27+,28+,29+,30-,31-,32+,34-,35-,36+,37+,38+,40?/m0/s1. The summed E-state index contributed by atoms with van der Waals surface area (Å²) < 4.78 is 78.7. The van der Waals surface area contributed by atoms with Crippen LogP contribution in [0.1, 0.15) is 6.42 Å². The van der Waals surface area contributed by atoms with Gasteiger partial charge in [-0.2, -0.15) is 0 Å². The number of aliphatic hydroxyl groups excluding tert-OH is 18. The van der Waals surface area contributed by atoms with E-state index in [-0.39, 0.29) is 0 Å². The van der Waals surface area contributed by atoms with Gasteiger partial charge in [0.1, 0.15) is 146 Å². The van der Waals surface area contributed by atoms with Crippen LogP contribution in [-0.2, 0) is 70.8 Å². The molecule has 39 nitrogen and oxygen atoms in total. The highest BCUT2D eigenvalue weighted by Gasteiger charge is 2.61. The van der Waals surface area contributed by atoms with Crippen LogP contribution in [0.15, 0.2) is 0 Å². The lowest BCUT2D eigenvalue weighted by atomic mass is 9.91. The summed E-state index contributed by atoms with van der Waals surface area (Å²) in [6.45, 7) is -5.92. The molecule has 0 amide bonds. The summed E-state index contributed by atoms with van der Waals surface area (Å²) in [5.41, 5.74) is 5.92. The Kier molecular flexibility index (Phi) is 23.0. The van der Waals surface area contributed by atoms with Crippen LogP contribution in [0, 0.1) is 0 Å². The van der Waals surface area contributed by atoms with E-state index >= 15 is 0 Å². The first-order valence-electron chi connectivity index (χ1n) is 24.2. The third-order valence-corrected chi connectivity index (χ3v) is 14.5. The molecule has 80 heavy (non-hydrogen) atoms. The SMILES string of the molecule is N[C@H]1[C@@H](OC[C@H](O)[C@H]2O[C@H](O[C@@H]3[C@H](O)[C@@H](O[C@H]4[C@@H]([C@H](O)CO)OC(O)(C(=O)O)C[C@H]4OP(=O)(O)O)O[C@H]([C@@H](O)CO)[C@H]3O[C@@H]3O[C@H](CO)[C@@H](O)[C@H](O)[C@H]3O)[C@@H](O[C@H]3O[C@H](C(=O)O)[C@@H](O)[C@H](O)[C@H]3O)[C@@H](O)[C@@H]2O)O[C@H](CO)[C@@H](O)[C@@H]1O. The number of phosphoric ester groups is 1. The summed E-state index contributed by atoms with van der Waals surface area (Å²) in [4.78, 5) is 44.0. The van der Waals surface area contributed by atoms with Crippen LogP contribution in [0.25, 0.3) is 0 Å². The van der Waals surface area contributed by atoms with Crippen molar-refractivity contribution in [3.05, 3.63) is 0 Å². The first kappa shape index (κ1) is 66.9. The van der Waals surface area contributed by atoms with Crippen molar-refractivity contribution in [1.29, 1.82) is 0 Å². The smallest absolute Gasteiger partial charge is 0.469 e. The summed E-state index contributed by atoms with van der Waals surface area (Å²) in [5, 5.41) is 225. The van der Waals surface area contributed by atoms with Crippen LogP contribution < -0.4 is 5.73 Å². The Bertz CT molecular complexity index is 2050. The normalized spacial score (nSPS) is 48.0. The fourth-order valence-corrected chi connectivity index (χ4v) is 10.1. The molecule has 6 heterocycles. The van der Waals surface area contributed by atoms with Gasteiger partial charge in [-0.15, -0.1) is 0 Å². The van der Waals surface area contributed by atoms with E-state index in [1.54, 1.807) is 0 Å². The second kappa shape index (κ2) is 27.5. The maximum Gasteiger partial charge on any atom is 0.469 e. The number of nitrogens with two attached hydrogens (primary N) is 1. The lowest BCUT2D eigenvalue weighted by Crippen LogP contribution is -2.70. The van der Waals surface area contributed by atoms with Gasteiger partial charge < -0.3 is 175 Å². The highest BCUT2D eigenvalue weighted by Crippen LogP contribution is 2.46. The molecular formula is C40H68NO38P. The molecule has 0 bridgehead atoms. The first-order chi connectivity index (χ1) is 37.3. The van der Waals surface area contributed by atoms with E-state index in [4.69, 9.17) is 62.4 Å². The van der Waals surface area contributed by atoms with Gasteiger partial charge in [0.05, 0.1) is 39.1 Å². The summed E-state index contributed by atoms with van der Waals surface area (Å²) in [6, 6.07) is -1.60. The molecule has 0 aromatic rings. The van der Waals surface area contributed by atoms with Crippen LogP contribution in [0.4, 0.5) is 0 Å². The van der Waals surface area contributed by atoms with Crippen molar-refractivity contribution in [3.8, 4) is 0 Å². The molecule has 6 aliphatic heterocycles. The van der Waals surface area contributed by atoms with Gasteiger partial charge in [-0.25, -0.2) is 14.2 Å². The number of hydrogen-bond acceptors (Lipinski definition) is 35. The number of aliphatic hydroxyl groups is 19. The number of hydrogen-bond donors (Lipinski definition) is 24. The predicted molar refractivity (Wildman–Crippen MR) is 236 cm³/mol. The Morgan fingerprint density at radius 1 is 0.537 bits per heavy atom. The molecule has 1 unspecified atom stereocenters. The average Bonchev–Trinajstić information content (AvgIpc) is 3.40. The molecule has 0 aromatic carbocycles. The quantitative estimate of drug-likeness (QED) is 0.0448. The summed E-state index contributed by atoms with van der Waals surface area (Å²) >= 11 is 0. The number of phosphoric acid groups is 1. The van der Waals surface area contributed by atoms with Crippen LogP contribution in [0.5, 0.6) is 0 Å². The molecule has 6 fully saturated rings. The van der Waals surface area contributed by atoms with Gasteiger partial charge in [0.25, 0.3) is 5.79 Å². The van der Waals surface area contributed by atoms with Crippen LogP contribution in [0.3, 0.4) is 0 Å². The Morgan fingerprint density at radius 3 is 1.57 bits per heavy atom. The van der Waals surface area contributed by atoms with Gasteiger partial charge in [-0.3, -0.25) is 4.52 Å². The van der Waals surface area contributed by atoms with Crippen molar-refractivity contribution in [3.63, 3.8) is 0 Å². The molecule has 6 saturated heterocycles. The number of rotatable bonds is 22. The van der Waals surface area contributed by atoms with Gasteiger partial charge in [-0.05, 0) is 0 Å². The van der Waals surface area contributed by atoms with Gasteiger partial charge in [0, 0.05) is 6.42 Å².